The number of rotatable bonds is 4. The van der Waals surface area contributed by atoms with Gasteiger partial charge in [-0.15, -0.1) is 6.58 Å². The van der Waals surface area contributed by atoms with E-state index in [4.69, 9.17) is 4.74 Å². The monoisotopic (exact) mass is 302 g/mol. The first-order valence-electron chi connectivity index (χ1n) is 4.28. The van der Waals surface area contributed by atoms with E-state index >= 15 is 0 Å². The van der Waals surface area contributed by atoms with Gasteiger partial charge in [-0.05, 0) is 41.1 Å². The molecule has 0 saturated carbocycles. The molecule has 0 aliphatic rings. The average Bonchev–Trinajstić information content (AvgIpc) is 2.18. The zero-order valence-corrected chi connectivity index (χ0v) is 9.86. The number of hydrogen-bond donors (Lipinski definition) is 0. The Morgan fingerprint density at radius 3 is 2.86 bits per heavy atom. The van der Waals surface area contributed by atoms with Gasteiger partial charge in [0.05, 0.1) is 12.2 Å². The molecule has 3 heteroatoms. The molecule has 0 aromatic heterocycles. The Labute approximate surface area is 97.1 Å². The minimum absolute atomic E-state index is 0.267. The number of benzene rings is 1. The molecule has 0 amide bonds. The van der Waals surface area contributed by atoms with Crippen molar-refractivity contribution in [3.63, 3.8) is 0 Å². The molecule has 0 radical (unpaired) electrons. The standard InChI is InChI=1S/C11H11IO2/c1-2-3-8-14-11(13)9-6-4-5-7-10(9)12/h2,4-7H,1,3,8H2. The van der Waals surface area contributed by atoms with Crippen molar-refractivity contribution in [2.75, 3.05) is 6.61 Å². The summed E-state index contributed by atoms with van der Waals surface area (Å²) in [5.41, 5.74) is 0.622. The van der Waals surface area contributed by atoms with Crippen LogP contribution >= 0.6 is 22.6 Å². The summed E-state index contributed by atoms with van der Waals surface area (Å²) in [6.45, 7) is 3.95. The fraction of sp³-hybridized carbons (Fsp3) is 0.182. The van der Waals surface area contributed by atoms with Crippen LogP contribution in [-0.2, 0) is 4.74 Å². The van der Waals surface area contributed by atoms with E-state index in [1.807, 2.05) is 18.2 Å². The minimum Gasteiger partial charge on any atom is -0.462 e. The second-order valence-corrected chi connectivity index (χ2v) is 3.86. The number of esters is 1. The summed E-state index contributed by atoms with van der Waals surface area (Å²) < 4.78 is 5.95. The molecule has 0 heterocycles. The largest absolute Gasteiger partial charge is 0.462 e. The van der Waals surface area contributed by atoms with E-state index in [2.05, 4.69) is 29.2 Å². The highest BCUT2D eigenvalue weighted by molar-refractivity contribution is 14.1. The zero-order chi connectivity index (χ0) is 10.4. The second kappa shape index (κ2) is 5.80. The molecular weight excluding hydrogens is 291 g/mol. The van der Waals surface area contributed by atoms with Crippen LogP contribution in [0.5, 0.6) is 0 Å². The molecule has 0 aliphatic heterocycles. The molecule has 2 nitrogen and oxygen atoms in total. The first kappa shape index (κ1) is 11.2. The second-order valence-electron chi connectivity index (χ2n) is 2.69. The van der Waals surface area contributed by atoms with Crippen LogP contribution in [0, 0.1) is 3.57 Å². The van der Waals surface area contributed by atoms with Gasteiger partial charge in [-0.3, -0.25) is 0 Å². The smallest absolute Gasteiger partial charge is 0.339 e. The van der Waals surface area contributed by atoms with E-state index in [-0.39, 0.29) is 5.97 Å². The maximum atomic E-state index is 11.5. The lowest BCUT2D eigenvalue weighted by molar-refractivity contribution is 0.0510. The zero-order valence-electron chi connectivity index (χ0n) is 7.70. The summed E-state index contributed by atoms with van der Waals surface area (Å²) in [5, 5.41) is 0. The first-order chi connectivity index (χ1) is 6.75. The van der Waals surface area contributed by atoms with Crippen LogP contribution in [0.2, 0.25) is 0 Å². The van der Waals surface area contributed by atoms with Crippen LogP contribution in [0.25, 0.3) is 0 Å². The summed E-state index contributed by atoms with van der Waals surface area (Å²) >= 11 is 2.12. The molecule has 0 atom stereocenters. The highest BCUT2D eigenvalue weighted by atomic mass is 127. The van der Waals surface area contributed by atoms with Gasteiger partial charge in [-0.1, -0.05) is 18.2 Å². The minimum atomic E-state index is -0.267. The predicted molar refractivity (Wildman–Crippen MR) is 64.3 cm³/mol. The Morgan fingerprint density at radius 2 is 2.21 bits per heavy atom. The van der Waals surface area contributed by atoms with E-state index in [0.29, 0.717) is 18.6 Å². The molecule has 0 spiro atoms. The molecule has 0 bridgehead atoms. The van der Waals surface area contributed by atoms with Gasteiger partial charge in [0.2, 0.25) is 0 Å². The molecule has 1 aromatic rings. The number of hydrogen-bond acceptors (Lipinski definition) is 2. The van der Waals surface area contributed by atoms with Gasteiger partial charge < -0.3 is 4.74 Å². The number of ether oxygens (including phenoxy) is 1. The van der Waals surface area contributed by atoms with E-state index in [0.717, 1.165) is 3.57 Å². The number of carbonyl (C=O) groups excluding carboxylic acids is 1. The summed E-state index contributed by atoms with van der Waals surface area (Å²) in [4.78, 5) is 11.5. The van der Waals surface area contributed by atoms with Crippen molar-refractivity contribution in [1.29, 1.82) is 0 Å². The predicted octanol–water partition coefficient (Wildman–Crippen LogP) is 3.02. The first-order valence-corrected chi connectivity index (χ1v) is 5.36. The summed E-state index contributed by atoms with van der Waals surface area (Å²) in [5.74, 6) is -0.267. The normalized spacial score (nSPS) is 9.50. The Kier molecular flexibility index (Phi) is 4.65. The molecule has 0 N–H and O–H groups in total. The van der Waals surface area contributed by atoms with E-state index in [1.54, 1.807) is 12.1 Å². The molecule has 0 saturated heterocycles. The van der Waals surface area contributed by atoms with E-state index in [9.17, 15) is 4.79 Å². The Balaban J connectivity index is 2.60. The van der Waals surface area contributed by atoms with Crippen LogP contribution < -0.4 is 0 Å². The van der Waals surface area contributed by atoms with Gasteiger partial charge in [0.25, 0.3) is 0 Å². The van der Waals surface area contributed by atoms with Crippen LogP contribution in [0.1, 0.15) is 16.8 Å². The van der Waals surface area contributed by atoms with Gasteiger partial charge in [0.15, 0.2) is 0 Å². The lowest BCUT2D eigenvalue weighted by Crippen LogP contribution is -2.07. The molecule has 14 heavy (non-hydrogen) atoms. The van der Waals surface area contributed by atoms with Gasteiger partial charge in [0.1, 0.15) is 0 Å². The fourth-order valence-corrected chi connectivity index (χ4v) is 1.55. The van der Waals surface area contributed by atoms with Crippen molar-refractivity contribution in [1.82, 2.24) is 0 Å². The lowest BCUT2D eigenvalue weighted by Gasteiger charge is -2.04. The molecular formula is C11H11IO2. The van der Waals surface area contributed by atoms with Gasteiger partial charge >= 0.3 is 5.97 Å². The Bertz CT molecular complexity index is 334. The number of carbonyl (C=O) groups is 1. The van der Waals surface area contributed by atoms with Crippen LogP contribution in [0.3, 0.4) is 0 Å². The van der Waals surface area contributed by atoms with Crippen molar-refractivity contribution in [2.45, 2.75) is 6.42 Å². The third-order valence-electron chi connectivity index (χ3n) is 1.65. The third kappa shape index (κ3) is 3.14. The topological polar surface area (TPSA) is 26.3 Å². The summed E-state index contributed by atoms with van der Waals surface area (Å²) in [6, 6.07) is 7.36. The summed E-state index contributed by atoms with van der Waals surface area (Å²) in [7, 11) is 0. The molecule has 1 aromatic carbocycles. The average molecular weight is 302 g/mol. The molecule has 0 aliphatic carbocycles. The quantitative estimate of drug-likeness (QED) is 0.370. The third-order valence-corrected chi connectivity index (χ3v) is 2.59. The molecule has 0 fully saturated rings. The maximum Gasteiger partial charge on any atom is 0.339 e. The van der Waals surface area contributed by atoms with Crippen molar-refractivity contribution in [2.24, 2.45) is 0 Å². The van der Waals surface area contributed by atoms with E-state index in [1.165, 1.54) is 0 Å². The fourth-order valence-electron chi connectivity index (χ4n) is 0.939. The Morgan fingerprint density at radius 1 is 1.50 bits per heavy atom. The van der Waals surface area contributed by atoms with Gasteiger partial charge in [0, 0.05) is 3.57 Å². The van der Waals surface area contributed by atoms with Gasteiger partial charge in [-0.2, -0.15) is 0 Å². The van der Waals surface area contributed by atoms with Crippen molar-refractivity contribution >= 4 is 28.6 Å². The van der Waals surface area contributed by atoms with Crippen molar-refractivity contribution in [3.8, 4) is 0 Å². The highest BCUT2D eigenvalue weighted by Crippen LogP contribution is 2.12. The van der Waals surface area contributed by atoms with Crippen LogP contribution in [0.15, 0.2) is 36.9 Å². The number of halogens is 1. The Hall–Kier alpha value is -0.840. The van der Waals surface area contributed by atoms with Crippen LogP contribution in [0.4, 0.5) is 0 Å². The molecule has 1 rings (SSSR count). The highest BCUT2D eigenvalue weighted by Gasteiger charge is 2.09. The molecule has 74 valence electrons. The summed E-state index contributed by atoms with van der Waals surface area (Å²) in [6.07, 6.45) is 2.42. The molecule has 0 unspecified atom stereocenters. The maximum absolute atomic E-state index is 11.5. The van der Waals surface area contributed by atoms with Gasteiger partial charge in [-0.25, -0.2) is 4.79 Å². The lowest BCUT2D eigenvalue weighted by atomic mass is 10.2. The van der Waals surface area contributed by atoms with E-state index < -0.39 is 0 Å². The SMILES string of the molecule is C=CCCOC(=O)c1ccccc1I. The van der Waals surface area contributed by atoms with Crippen LogP contribution in [-0.4, -0.2) is 12.6 Å². The van der Waals surface area contributed by atoms with Crippen molar-refractivity contribution in [3.05, 3.63) is 46.1 Å². The van der Waals surface area contributed by atoms with Crippen molar-refractivity contribution < 1.29 is 9.53 Å².